The molecule has 2 N–H and O–H groups in total. The maximum Gasteiger partial charge on any atom is 0.298 e. The zero-order chi connectivity index (χ0) is 22.7. The second kappa shape index (κ2) is 9.30. The van der Waals surface area contributed by atoms with Crippen LogP contribution in [-0.4, -0.2) is 38.9 Å². The molecule has 0 unspecified atom stereocenters. The molecule has 9 heteroatoms. The number of nitrogens with zero attached hydrogens (tertiary/aromatic N) is 2. The number of nitrogens with one attached hydrogen (secondary N) is 2. The fourth-order valence-corrected chi connectivity index (χ4v) is 4.75. The molecule has 32 heavy (non-hydrogen) atoms. The minimum absolute atomic E-state index is 0.108. The quantitative estimate of drug-likeness (QED) is 0.563. The normalized spacial score (nSPS) is 15.4. The maximum atomic E-state index is 12.7. The standard InChI is InChI=1S/C23H28N4O4S/c1-16(2)22(28)25-18-7-9-19(10-8-18)32(29,30)24-15-17-11-13-27(14-12-17)23-26-20-5-3-4-6-21(20)31-23/h3-10,16-17,24H,11-15H2,1-2H3,(H,25,28). The van der Waals surface area contributed by atoms with E-state index in [1.807, 2.05) is 24.3 Å². The Morgan fingerprint density at radius 1 is 1.12 bits per heavy atom. The molecule has 1 aliphatic heterocycles. The minimum Gasteiger partial charge on any atom is -0.423 e. The van der Waals surface area contributed by atoms with E-state index in [1.165, 1.54) is 12.1 Å². The van der Waals surface area contributed by atoms with E-state index < -0.39 is 10.0 Å². The van der Waals surface area contributed by atoms with Gasteiger partial charge in [-0.05, 0) is 55.2 Å². The van der Waals surface area contributed by atoms with Crippen LogP contribution in [0.25, 0.3) is 11.1 Å². The van der Waals surface area contributed by atoms with Crippen LogP contribution in [0.5, 0.6) is 0 Å². The number of para-hydroxylation sites is 2. The number of hydrogen-bond acceptors (Lipinski definition) is 6. The fourth-order valence-electron chi connectivity index (χ4n) is 3.64. The number of carbonyl (C=O) groups excluding carboxylic acids is 1. The molecule has 1 fully saturated rings. The van der Waals surface area contributed by atoms with E-state index in [1.54, 1.807) is 26.0 Å². The van der Waals surface area contributed by atoms with E-state index >= 15 is 0 Å². The summed E-state index contributed by atoms with van der Waals surface area (Å²) < 4.78 is 33.9. The van der Waals surface area contributed by atoms with Crippen molar-refractivity contribution in [2.45, 2.75) is 31.6 Å². The number of carbonyl (C=O) groups is 1. The van der Waals surface area contributed by atoms with Crippen molar-refractivity contribution in [2.75, 3.05) is 29.9 Å². The van der Waals surface area contributed by atoms with E-state index in [4.69, 9.17) is 4.42 Å². The molecular weight excluding hydrogens is 428 g/mol. The van der Waals surface area contributed by atoms with Gasteiger partial charge >= 0.3 is 0 Å². The maximum absolute atomic E-state index is 12.7. The van der Waals surface area contributed by atoms with Crippen LogP contribution in [0.1, 0.15) is 26.7 Å². The largest absolute Gasteiger partial charge is 0.423 e. The highest BCUT2D eigenvalue weighted by Crippen LogP contribution is 2.26. The lowest BCUT2D eigenvalue weighted by Crippen LogP contribution is -2.38. The number of fused-ring (bicyclic) bond motifs is 1. The number of benzene rings is 2. The molecule has 1 saturated heterocycles. The molecule has 0 bridgehead atoms. The van der Waals surface area contributed by atoms with E-state index in [-0.39, 0.29) is 22.6 Å². The molecule has 0 atom stereocenters. The molecule has 2 heterocycles. The van der Waals surface area contributed by atoms with Crippen LogP contribution in [-0.2, 0) is 14.8 Å². The molecular formula is C23H28N4O4S. The number of oxazole rings is 1. The molecule has 1 aromatic heterocycles. The molecule has 1 amide bonds. The Kier molecular flexibility index (Phi) is 6.48. The van der Waals surface area contributed by atoms with Crippen LogP contribution in [0.4, 0.5) is 11.7 Å². The third kappa shape index (κ3) is 5.11. The highest BCUT2D eigenvalue weighted by Gasteiger charge is 2.24. The lowest BCUT2D eigenvalue weighted by molar-refractivity contribution is -0.118. The third-order valence-corrected chi connectivity index (χ3v) is 7.13. The second-order valence-electron chi connectivity index (χ2n) is 8.41. The summed E-state index contributed by atoms with van der Waals surface area (Å²) in [6.07, 6.45) is 1.70. The average Bonchev–Trinajstić information content (AvgIpc) is 3.23. The fraction of sp³-hybridized carbons (Fsp3) is 0.391. The van der Waals surface area contributed by atoms with Gasteiger partial charge in [0, 0.05) is 31.2 Å². The van der Waals surface area contributed by atoms with Gasteiger partial charge in [-0.1, -0.05) is 26.0 Å². The molecule has 2 aromatic carbocycles. The summed E-state index contributed by atoms with van der Waals surface area (Å²) in [6, 6.07) is 14.5. The van der Waals surface area contributed by atoms with Crippen molar-refractivity contribution >= 4 is 38.7 Å². The first-order chi connectivity index (χ1) is 15.3. The molecule has 0 aliphatic carbocycles. The lowest BCUT2D eigenvalue weighted by Gasteiger charge is -2.30. The zero-order valence-corrected chi connectivity index (χ0v) is 19.1. The van der Waals surface area contributed by atoms with Crippen LogP contribution < -0.4 is 14.9 Å². The monoisotopic (exact) mass is 456 g/mol. The summed E-state index contributed by atoms with van der Waals surface area (Å²) in [4.78, 5) is 18.6. The lowest BCUT2D eigenvalue weighted by atomic mass is 9.97. The number of sulfonamides is 1. The van der Waals surface area contributed by atoms with Crippen LogP contribution >= 0.6 is 0 Å². The highest BCUT2D eigenvalue weighted by molar-refractivity contribution is 7.89. The Bertz CT molecular complexity index is 1150. The first-order valence-electron chi connectivity index (χ1n) is 10.8. The van der Waals surface area contributed by atoms with E-state index in [0.29, 0.717) is 18.2 Å². The number of anilines is 2. The molecule has 3 aromatic rings. The van der Waals surface area contributed by atoms with Crippen LogP contribution in [0.15, 0.2) is 57.8 Å². The van der Waals surface area contributed by atoms with Gasteiger partial charge in [-0.15, -0.1) is 0 Å². The highest BCUT2D eigenvalue weighted by atomic mass is 32.2. The summed E-state index contributed by atoms with van der Waals surface area (Å²) in [5, 5.41) is 2.76. The van der Waals surface area contributed by atoms with Crippen molar-refractivity contribution in [3.63, 3.8) is 0 Å². The van der Waals surface area contributed by atoms with Crippen molar-refractivity contribution < 1.29 is 17.6 Å². The topological polar surface area (TPSA) is 105 Å². The van der Waals surface area contributed by atoms with Crippen LogP contribution in [0, 0.1) is 11.8 Å². The Morgan fingerprint density at radius 2 is 1.81 bits per heavy atom. The molecule has 8 nitrogen and oxygen atoms in total. The number of amides is 1. The van der Waals surface area contributed by atoms with Gasteiger partial charge in [-0.2, -0.15) is 4.98 Å². The van der Waals surface area contributed by atoms with Gasteiger partial charge in [0.1, 0.15) is 5.52 Å². The summed E-state index contributed by atoms with van der Waals surface area (Å²) in [5.74, 6) is -0.00737. The summed E-state index contributed by atoms with van der Waals surface area (Å²) in [7, 11) is -3.61. The summed E-state index contributed by atoms with van der Waals surface area (Å²) >= 11 is 0. The van der Waals surface area contributed by atoms with Crippen molar-refractivity contribution in [3.8, 4) is 0 Å². The number of hydrogen-bond donors (Lipinski definition) is 2. The smallest absolute Gasteiger partial charge is 0.298 e. The van der Waals surface area contributed by atoms with E-state index in [2.05, 4.69) is 19.9 Å². The van der Waals surface area contributed by atoms with Gasteiger partial charge in [0.25, 0.3) is 6.01 Å². The Hall–Kier alpha value is -2.91. The van der Waals surface area contributed by atoms with Crippen molar-refractivity contribution in [1.29, 1.82) is 0 Å². The molecule has 4 rings (SSSR count). The van der Waals surface area contributed by atoms with Gasteiger partial charge in [-0.3, -0.25) is 4.79 Å². The number of rotatable bonds is 7. The molecule has 1 aliphatic rings. The van der Waals surface area contributed by atoms with E-state index in [9.17, 15) is 13.2 Å². The van der Waals surface area contributed by atoms with Crippen LogP contribution in [0.2, 0.25) is 0 Å². The predicted molar refractivity (Wildman–Crippen MR) is 124 cm³/mol. The van der Waals surface area contributed by atoms with Gasteiger partial charge in [0.15, 0.2) is 5.58 Å². The molecule has 0 saturated carbocycles. The number of aromatic nitrogens is 1. The predicted octanol–water partition coefficient (Wildman–Crippen LogP) is 3.62. The second-order valence-corrected chi connectivity index (χ2v) is 10.2. The summed E-state index contributed by atoms with van der Waals surface area (Å²) in [5.41, 5.74) is 2.19. The van der Waals surface area contributed by atoms with Crippen LogP contribution in [0.3, 0.4) is 0 Å². The average molecular weight is 457 g/mol. The Labute approximate surface area is 188 Å². The van der Waals surface area contributed by atoms with Crippen molar-refractivity contribution in [2.24, 2.45) is 11.8 Å². The molecule has 170 valence electrons. The minimum atomic E-state index is -3.61. The first-order valence-corrected chi connectivity index (χ1v) is 12.3. The van der Waals surface area contributed by atoms with Crippen molar-refractivity contribution in [3.05, 3.63) is 48.5 Å². The first kappa shape index (κ1) is 22.3. The van der Waals surface area contributed by atoms with Gasteiger partial charge in [0.2, 0.25) is 15.9 Å². The molecule has 0 spiro atoms. The Morgan fingerprint density at radius 3 is 2.47 bits per heavy atom. The van der Waals surface area contributed by atoms with Gasteiger partial charge < -0.3 is 14.6 Å². The number of piperidine rings is 1. The van der Waals surface area contributed by atoms with Gasteiger partial charge in [0.05, 0.1) is 4.90 Å². The third-order valence-electron chi connectivity index (χ3n) is 5.69. The summed E-state index contributed by atoms with van der Waals surface area (Å²) in [6.45, 7) is 5.52. The van der Waals surface area contributed by atoms with Crippen molar-refractivity contribution in [1.82, 2.24) is 9.71 Å². The molecule has 0 radical (unpaired) electrons. The Balaban J connectivity index is 1.29. The van der Waals surface area contributed by atoms with Gasteiger partial charge in [-0.25, -0.2) is 13.1 Å². The zero-order valence-electron chi connectivity index (χ0n) is 18.2. The van der Waals surface area contributed by atoms with E-state index in [0.717, 1.165) is 37.0 Å². The SMILES string of the molecule is CC(C)C(=O)Nc1ccc(S(=O)(=O)NCC2CCN(c3nc4ccccc4o3)CC2)cc1.